The lowest BCUT2D eigenvalue weighted by Crippen LogP contribution is -2.12. The van der Waals surface area contributed by atoms with Gasteiger partial charge in [0.05, 0.1) is 0 Å². The Morgan fingerprint density at radius 1 is 1.00 bits per heavy atom. The predicted octanol–water partition coefficient (Wildman–Crippen LogP) is 3.37. The van der Waals surface area contributed by atoms with E-state index in [4.69, 9.17) is 0 Å². The van der Waals surface area contributed by atoms with Crippen LogP contribution < -0.4 is 0 Å². The third-order valence-corrected chi connectivity index (χ3v) is 3.19. The van der Waals surface area contributed by atoms with Gasteiger partial charge in [0.1, 0.15) is 6.10 Å². The summed E-state index contributed by atoms with van der Waals surface area (Å²) in [5, 5.41) is 10.00. The van der Waals surface area contributed by atoms with Gasteiger partial charge in [-0.05, 0) is 11.6 Å². The fraction of sp³-hybridized carbons (Fsp3) is 0.0714. The summed E-state index contributed by atoms with van der Waals surface area (Å²) >= 11 is 3.31. The first-order chi connectivity index (χ1) is 8.20. The molecule has 0 saturated carbocycles. The number of halogens is 1. The summed E-state index contributed by atoms with van der Waals surface area (Å²) in [7, 11) is 0. The third kappa shape index (κ3) is 2.62. The van der Waals surface area contributed by atoms with Gasteiger partial charge in [0.15, 0.2) is 5.78 Å². The van der Waals surface area contributed by atoms with Crippen molar-refractivity contribution in [2.45, 2.75) is 6.10 Å². The molecule has 2 nitrogen and oxygen atoms in total. The van der Waals surface area contributed by atoms with Crippen molar-refractivity contribution in [2.24, 2.45) is 0 Å². The van der Waals surface area contributed by atoms with Crippen LogP contribution in [0.1, 0.15) is 22.0 Å². The summed E-state index contributed by atoms with van der Waals surface area (Å²) in [4.78, 5) is 12.1. The van der Waals surface area contributed by atoms with Crippen molar-refractivity contribution in [1.82, 2.24) is 0 Å². The Hall–Kier alpha value is -1.45. The minimum Gasteiger partial charge on any atom is -0.380 e. The van der Waals surface area contributed by atoms with Crippen molar-refractivity contribution in [3.63, 3.8) is 0 Å². The van der Waals surface area contributed by atoms with E-state index in [2.05, 4.69) is 15.9 Å². The molecule has 2 aromatic rings. The number of hydrogen-bond donors (Lipinski definition) is 1. The van der Waals surface area contributed by atoms with E-state index >= 15 is 0 Å². The first-order valence-corrected chi connectivity index (χ1v) is 6.01. The summed E-state index contributed by atoms with van der Waals surface area (Å²) in [6.45, 7) is 0. The van der Waals surface area contributed by atoms with Gasteiger partial charge in [-0.2, -0.15) is 0 Å². The number of carbonyl (C=O) groups is 1. The third-order valence-electron chi connectivity index (χ3n) is 2.50. The van der Waals surface area contributed by atoms with Crippen LogP contribution in [0.25, 0.3) is 0 Å². The standard InChI is InChI=1S/C14H11BrO2/c15-12-9-5-4-8-11(12)14(17)13(16)10-6-2-1-3-7-10/h1-9,13,16H. The van der Waals surface area contributed by atoms with Crippen molar-refractivity contribution in [3.8, 4) is 0 Å². The molecule has 0 bridgehead atoms. The molecule has 86 valence electrons. The topological polar surface area (TPSA) is 37.3 Å². The van der Waals surface area contributed by atoms with E-state index in [1.54, 1.807) is 42.5 Å². The molecular weight excluding hydrogens is 280 g/mol. The van der Waals surface area contributed by atoms with Crippen LogP contribution >= 0.6 is 15.9 Å². The number of ketones is 1. The van der Waals surface area contributed by atoms with E-state index in [0.717, 1.165) is 0 Å². The maximum atomic E-state index is 12.1. The van der Waals surface area contributed by atoms with E-state index in [1.165, 1.54) is 0 Å². The number of Topliss-reactive ketones (excluding diaryl/α,β-unsaturated/α-hetero) is 1. The van der Waals surface area contributed by atoms with Crippen molar-refractivity contribution >= 4 is 21.7 Å². The molecule has 1 atom stereocenters. The highest BCUT2D eigenvalue weighted by Gasteiger charge is 2.20. The lowest BCUT2D eigenvalue weighted by molar-refractivity contribution is 0.0746. The number of hydrogen-bond acceptors (Lipinski definition) is 2. The van der Waals surface area contributed by atoms with Gasteiger partial charge in [-0.25, -0.2) is 0 Å². The van der Waals surface area contributed by atoms with Crippen molar-refractivity contribution in [1.29, 1.82) is 0 Å². The molecule has 0 fully saturated rings. The van der Waals surface area contributed by atoms with E-state index in [0.29, 0.717) is 15.6 Å². The van der Waals surface area contributed by atoms with Crippen LogP contribution in [-0.4, -0.2) is 10.9 Å². The highest BCUT2D eigenvalue weighted by molar-refractivity contribution is 9.10. The molecule has 2 aromatic carbocycles. The van der Waals surface area contributed by atoms with Crippen LogP contribution in [0.2, 0.25) is 0 Å². The molecule has 0 radical (unpaired) electrons. The Kier molecular flexibility index (Phi) is 3.71. The van der Waals surface area contributed by atoms with Crippen LogP contribution in [0.15, 0.2) is 59.1 Å². The monoisotopic (exact) mass is 290 g/mol. The predicted molar refractivity (Wildman–Crippen MR) is 69.9 cm³/mol. The molecule has 17 heavy (non-hydrogen) atoms. The van der Waals surface area contributed by atoms with E-state index in [1.807, 2.05) is 12.1 Å². The van der Waals surface area contributed by atoms with Crippen LogP contribution in [0.3, 0.4) is 0 Å². The van der Waals surface area contributed by atoms with Gasteiger partial charge in [-0.3, -0.25) is 4.79 Å². The van der Waals surface area contributed by atoms with E-state index in [-0.39, 0.29) is 5.78 Å². The Labute approximate surface area is 108 Å². The molecule has 0 amide bonds. The normalized spacial score (nSPS) is 12.1. The maximum Gasteiger partial charge on any atom is 0.196 e. The molecule has 0 aliphatic rings. The molecule has 1 unspecified atom stereocenters. The van der Waals surface area contributed by atoms with Gasteiger partial charge in [0.25, 0.3) is 0 Å². The van der Waals surface area contributed by atoms with E-state index < -0.39 is 6.10 Å². The molecule has 0 heterocycles. The second-order valence-corrected chi connectivity index (χ2v) is 4.51. The number of aliphatic hydroxyl groups excluding tert-OH is 1. The summed E-state index contributed by atoms with van der Waals surface area (Å²) in [6.07, 6.45) is -1.12. The van der Waals surface area contributed by atoms with Gasteiger partial charge < -0.3 is 5.11 Å². The van der Waals surface area contributed by atoms with Gasteiger partial charge in [-0.15, -0.1) is 0 Å². The highest BCUT2D eigenvalue weighted by atomic mass is 79.9. The number of benzene rings is 2. The fourth-order valence-corrected chi connectivity index (χ4v) is 2.08. The summed E-state index contributed by atoms with van der Waals surface area (Å²) < 4.78 is 0.694. The molecule has 2 rings (SSSR count). The van der Waals surface area contributed by atoms with Gasteiger partial charge >= 0.3 is 0 Å². The Bertz CT molecular complexity index is 523. The van der Waals surface area contributed by atoms with Crippen LogP contribution in [0.4, 0.5) is 0 Å². The zero-order chi connectivity index (χ0) is 12.3. The summed E-state index contributed by atoms with van der Waals surface area (Å²) in [6, 6.07) is 16.0. The molecule has 0 aliphatic carbocycles. The molecule has 1 N–H and O–H groups in total. The lowest BCUT2D eigenvalue weighted by atomic mass is 10.0. The summed E-state index contributed by atoms with van der Waals surface area (Å²) in [5.74, 6) is -0.302. The average molecular weight is 291 g/mol. The molecule has 0 saturated heterocycles. The molecule has 3 heteroatoms. The van der Waals surface area contributed by atoms with Crippen LogP contribution in [-0.2, 0) is 0 Å². The number of carbonyl (C=O) groups excluding carboxylic acids is 1. The lowest BCUT2D eigenvalue weighted by Gasteiger charge is -2.10. The number of rotatable bonds is 3. The minimum absolute atomic E-state index is 0.302. The highest BCUT2D eigenvalue weighted by Crippen LogP contribution is 2.23. The maximum absolute atomic E-state index is 12.1. The van der Waals surface area contributed by atoms with Crippen molar-refractivity contribution < 1.29 is 9.90 Å². The zero-order valence-corrected chi connectivity index (χ0v) is 10.6. The summed E-state index contributed by atoms with van der Waals surface area (Å²) in [5.41, 5.74) is 1.09. The minimum atomic E-state index is -1.12. The quantitative estimate of drug-likeness (QED) is 0.880. The SMILES string of the molecule is O=C(c1ccccc1Br)C(O)c1ccccc1. The molecule has 0 spiro atoms. The van der Waals surface area contributed by atoms with Gasteiger partial charge in [-0.1, -0.05) is 64.5 Å². The van der Waals surface area contributed by atoms with Crippen LogP contribution in [0.5, 0.6) is 0 Å². The largest absolute Gasteiger partial charge is 0.380 e. The van der Waals surface area contributed by atoms with Crippen molar-refractivity contribution in [2.75, 3.05) is 0 Å². The molecule has 0 aliphatic heterocycles. The smallest absolute Gasteiger partial charge is 0.196 e. The molecular formula is C14H11BrO2. The Balaban J connectivity index is 2.30. The second kappa shape index (κ2) is 5.25. The van der Waals surface area contributed by atoms with E-state index in [9.17, 15) is 9.90 Å². The number of aliphatic hydroxyl groups is 1. The Morgan fingerprint density at radius 2 is 1.59 bits per heavy atom. The first kappa shape index (κ1) is 12.0. The Morgan fingerprint density at radius 3 is 2.24 bits per heavy atom. The first-order valence-electron chi connectivity index (χ1n) is 5.22. The average Bonchev–Trinajstić information content (AvgIpc) is 2.39. The fourth-order valence-electron chi connectivity index (χ4n) is 1.60. The van der Waals surface area contributed by atoms with Gasteiger partial charge in [0, 0.05) is 10.0 Å². The molecule has 0 aromatic heterocycles. The van der Waals surface area contributed by atoms with Crippen LogP contribution in [0, 0.1) is 0 Å². The van der Waals surface area contributed by atoms with Gasteiger partial charge in [0.2, 0.25) is 0 Å². The zero-order valence-electron chi connectivity index (χ0n) is 9.01. The van der Waals surface area contributed by atoms with Crippen molar-refractivity contribution in [3.05, 3.63) is 70.2 Å². The second-order valence-electron chi connectivity index (χ2n) is 3.66.